The summed E-state index contributed by atoms with van der Waals surface area (Å²) < 4.78 is 0. The van der Waals surface area contributed by atoms with E-state index in [0.717, 1.165) is 0 Å². The van der Waals surface area contributed by atoms with E-state index in [9.17, 15) is 34.5 Å². The molecule has 0 aromatic heterocycles. The fourth-order valence-electron chi connectivity index (χ4n) is 2.60. The van der Waals surface area contributed by atoms with E-state index in [0.29, 0.717) is 5.56 Å². The number of aliphatic hydroxyl groups is 2. The molecule has 0 unspecified atom stereocenters. The quantitative estimate of drug-likeness (QED) is 0.202. The molecule has 11 nitrogen and oxygen atoms in total. The molecule has 0 aliphatic rings. The fourth-order valence-corrected chi connectivity index (χ4v) is 2.60. The number of carbonyl (C=O) groups excluding carboxylic acids is 3. The van der Waals surface area contributed by atoms with Crippen molar-refractivity contribution in [1.82, 2.24) is 16.0 Å². The van der Waals surface area contributed by atoms with Crippen molar-refractivity contribution in [3.05, 3.63) is 35.9 Å². The van der Waals surface area contributed by atoms with Crippen LogP contribution < -0.4 is 21.7 Å². The highest BCUT2D eigenvalue weighted by atomic mass is 16.4. The van der Waals surface area contributed by atoms with Gasteiger partial charge in [0.1, 0.15) is 12.1 Å². The molecule has 8 N–H and O–H groups in total. The number of aliphatic carboxylic acids is 1. The van der Waals surface area contributed by atoms with Gasteiger partial charge < -0.3 is 37.0 Å². The molecular weight excluding hydrogens is 396 g/mol. The Hall–Kier alpha value is -3.02. The zero-order valence-electron chi connectivity index (χ0n) is 16.7. The van der Waals surface area contributed by atoms with Crippen molar-refractivity contribution in [2.24, 2.45) is 5.73 Å². The topological polar surface area (TPSA) is 191 Å². The molecular formula is C19H28N4O7. The number of carbonyl (C=O) groups is 4. The Labute approximate surface area is 173 Å². The second-order valence-corrected chi connectivity index (χ2v) is 6.81. The van der Waals surface area contributed by atoms with Gasteiger partial charge in [-0.3, -0.25) is 14.4 Å². The second kappa shape index (κ2) is 11.9. The highest BCUT2D eigenvalue weighted by molar-refractivity contribution is 5.94. The number of carboxylic acid groups (broad SMARTS) is 1. The molecule has 0 saturated heterocycles. The van der Waals surface area contributed by atoms with Gasteiger partial charge in [0.15, 0.2) is 6.04 Å². The van der Waals surface area contributed by atoms with Crippen LogP contribution in [0, 0.1) is 0 Å². The first kappa shape index (κ1) is 25.0. The summed E-state index contributed by atoms with van der Waals surface area (Å²) in [6, 6.07) is 4.42. The van der Waals surface area contributed by atoms with Crippen LogP contribution in [0.1, 0.15) is 19.4 Å². The predicted octanol–water partition coefficient (Wildman–Crippen LogP) is -2.51. The lowest BCUT2D eigenvalue weighted by molar-refractivity contribution is -0.145. The van der Waals surface area contributed by atoms with Gasteiger partial charge in [0.05, 0.1) is 18.8 Å². The highest BCUT2D eigenvalue weighted by Crippen LogP contribution is 2.06. The number of aliphatic hydroxyl groups excluding tert-OH is 2. The number of amides is 3. The first-order chi connectivity index (χ1) is 14.1. The molecule has 1 aromatic carbocycles. The Kier molecular flexibility index (Phi) is 9.89. The van der Waals surface area contributed by atoms with Gasteiger partial charge in [-0.25, -0.2) is 4.79 Å². The number of hydrogen-bond donors (Lipinski definition) is 7. The van der Waals surface area contributed by atoms with E-state index in [-0.39, 0.29) is 6.42 Å². The molecule has 11 heteroatoms. The molecule has 0 radical (unpaired) electrons. The largest absolute Gasteiger partial charge is 0.480 e. The molecule has 3 amide bonds. The van der Waals surface area contributed by atoms with Gasteiger partial charge in [0, 0.05) is 6.42 Å². The average molecular weight is 424 g/mol. The maximum absolute atomic E-state index is 12.7. The zero-order valence-corrected chi connectivity index (χ0v) is 16.7. The van der Waals surface area contributed by atoms with E-state index in [4.69, 9.17) is 5.73 Å². The maximum Gasteiger partial charge on any atom is 0.328 e. The van der Waals surface area contributed by atoms with E-state index >= 15 is 0 Å². The summed E-state index contributed by atoms with van der Waals surface area (Å²) in [4.78, 5) is 48.1. The van der Waals surface area contributed by atoms with E-state index in [2.05, 4.69) is 16.0 Å². The van der Waals surface area contributed by atoms with Crippen LogP contribution in [0.25, 0.3) is 0 Å². The van der Waals surface area contributed by atoms with Crippen molar-refractivity contribution in [1.29, 1.82) is 0 Å². The molecule has 30 heavy (non-hydrogen) atoms. The predicted molar refractivity (Wildman–Crippen MR) is 106 cm³/mol. The average Bonchev–Trinajstić information content (AvgIpc) is 2.69. The Morgan fingerprint density at radius 3 is 1.93 bits per heavy atom. The summed E-state index contributed by atoms with van der Waals surface area (Å²) in [5.74, 6) is -3.83. The third-order valence-electron chi connectivity index (χ3n) is 4.23. The lowest BCUT2D eigenvalue weighted by Gasteiger charge is -2.26. The Morgan fingerprint density at radius 1 is 0.900 bits per heavy atom. The van der Waals surface area contributed by atoms with E-state index in [1.54, 1.807) is 30.3 Å². The zero-order chi connectivity index (χ0) is 22.8. The van der Waals surface area contributed by atoms with Crippen LogP contribution in [-0.4, -0.2) is 75.9 Å². The number of nitrogens with two attached hydrogens (primary N) is 1. The summed E-state index contributed by atoms with van der Waals surface area (Å²) in [7, 11) is 0. The molecule has 0 saturated carbocycles. The van der Waals surface area contributed by atoms with Gasteiger partial charge in [-0.2, -0.15) is 0 Å². The van der Waals surface area contributed by atoms with Gasteiger partial charge >= 0.3 is 5.97 Å². The van der Waals surface area contributed by atoms with Gasteiger partial charge in [0.25, 0.3) is 0 Å². The second-order valence-electron chi connectivity index (χ2n) is 6.81. The van der Waals surface area contributed by atoms with Crippen molar-refractivity contribution in [3.8, 4) is 0 Å². The van der Waals surface area contributed by atoms with Gasteiger partial charge in [-0.15, -0.1) is 0 Å². The highest BCUT2D eigenvalue weighted by Gasteiger charge is 2.32. The first-order valence-corrected chi connectivity index (χ1v) is 9.29. The fraction of sp³-hybridized carbons (Fsp3) is 0.474. The molecule has 5 atom stereocenters. The Morgan fingerprint density at radius 2 is 1.47 bits per heavy atom. The third kappa shape index (κ3) is 7.78. The smallest absolute Gasteiger partial charge is 0.328 e. The van der Waals surface area contributed by atoms with Crippen molar-refractivity contribution in [2.75, 3.05) is 6.54 Å². The number of nitrogens with one attached hydrogen (secondary N) is 3. The lowest BCUT2D eigenvalue weighted by Crippen LogP contribution is -2.60. The third-order valence-corrected chi connectivity index (χ3v) is 4.23. The van der Waals surface area contributed by atoms with Gasteiger partial charge in [-0.05, 0) is 19.4 Å². The van der Waals surface area contributed by atoms with Crippen LogP contribution >= 0.6 is 0 Å². The minimum atomic E-state index is -1.59. The molecule has 0 fully saturated rings. The normalized spacial score (nSPS) is 15.8. The van der Waals surface area contributed by atoms with Crippen molar-refractivity contribution in [2.45, 2.75) is 50.6 Å². The van der Waals surface area contributed by atoms with E-state index in [1.165, 1.54) is 13.8 Å². The number of rotatable bonds is 11. The number of carboxylic acids is 1. The molecule has 166 valence electrons. The first-order valence-electron chi connectivity index (χ1n) is 9.29. The standard InChI is InChI=1S/C19H28N4O7/c1-10(24)15(22-14(26)9-20)18(28)21-13(8-12-6-4-3-5-7-12)17(27)23-16(11(2)25)19(29)30/h3-7,10-11,13,15-16,24-25H,8-9,20H2,1-2H3,(H,21,28)(H,22,26)(H,23,27)(H,29,30)/t10-,11-,13-,15+,16-/m0/s1. The van der Waals surface area contributed by atoms with Crippen molar-refractivity contribution in [3.63, 3.8) is 0 Å². The van der Waals surface area contributed by atoms with E-state index in [1.807, 2.05) is 0 Å². The van der Waals surface area contributed by atoms with Crippen LogP contribution in [0.3, 0.4) is 0 Å². The Balaban J connectivity index is 3.07. The molecule has 0 bridgehead atoms. The van der Waals surface area contributed by atoms with Crippen LogP contribution in [0.4, 0.5) is 0 Å². The molecule has 1 rings (SSSR count). The SMILES string of the molecule is C[C@H](O)[C@H](NC(=O)[C@H](Cc1ccccc1)NC(=O)[C@H](NC(=O)CN)[C@H](C)O)C(=O)O. The lowest BCUT2D eigenvalue weighted by atomic mass is 10.0. The number of hydrogen-bond acceptors (Lipinski definition) is 7. The number of benzene rings is 1. The molecule has 1 aromatic rings. The molecule has 0 aliphatic heterocycles. The Bertz CT molecular complexity index is 740. The molecule has 0 heterocycles. The van der Waals surface area contributed by atoms with Crippen LogP contribution in [0.2, 0.25) is 0 Å². The summed E-state index contributed by atoms with van der Waals surface area (Å²) in [5, 5.41) is 35.5. The van der Waals surface area contributed by atoms with Crippen LogP contribution in [0.5, 0.6) is 0 Å². The summed E-state index contributed by atoms with van der Waals surface area (Å²) in [6.45, 7) is 2.08. The summed E-state index contributed by atoms with van der Waals surface area (Å²) >= 11 is 0. The van der Waals surface area contributed by atoms with E-state index < -0.39 is 60.6 Å². The monoisotopic (exact) mass is 424 g/mol. The molecule has 0 aliphatic carbocycles. The minimum Gasteiger partial charge on any atom is -0.480 e. The van der Waals surface area contributed by atoms with Crippen molar-refractivity contribution < 1.29 is 34.5 Å². The van der Waals surface area contributed by atoms with Gasteiger partial charge in [0.2, 0.25) is 17.7 Å². The van der Waals surface area contributed by atoms with Crippen LogP contribution in [-0.2, 0) is 25.6 Å². The molecule has 0 spiro atoms. The van der Waals surface area contributed by atoms with Crippen molar-refractivity contribution >= 4 is 23.7 Å². The maximum atomic E-state index is 12.7. The summed E-state index contributed by atoms with van der Waals surface area (Å²) in [5.41, 5.74) is 5.88. The summed E-state index contributed by atoms with van der Waals surface area (Å²) in [6.07, 6.45) is -2.67. The minimum absolute atomic E-state index is 0.00191. The van der Waals surface area contributed by atoms with Gasteiger partial charge in [-0.1, -0.05) is 30.3 Å². The van der Waals surface area contributed by atoms with Crippen LogP contribution in [0.15, 0.2) is 30.3 Å².